The number of likely N-dealkylation sites (tertiary alicyclic amines) is 1. The van der Waals surface area contributed by atoms with Crippen molar-refractivity contribution in [1.82, 2.24) is 29.3 Å². The summed E-state index contributed by atoms with van der Waals surface area (Å²) in [5.74, 6) is -0.795. The quantitative estimate of drug-likeness (QED) is 0.325. The molecule has 0 unspecified atom stereocenters. The van der Waals surface area contributed by atoms with Gasteiger partial charge in [0.15, 0.2) is 5.65 Å². The van der Waals surface area contributed by atoms with Crippen molar-refractivity contribution < 1.29 is 33.0 Å². The highest BCUT2D eigenvalue weighted by Crippen LogP contribution is 2.38. The van der Waals surface area contributed by atoms with Crippen LogP contribution in [0.5, 0.6) is 5.75 Å². The van der Waals surface area contributed by atoms with E-state index in [4.69, 9.17) is 21.1 Å². The number of fused-ring (bicyclic) bond motifs is 1. The van der Waals surface area contributed by atoms with Crippen LogP contribution in [-0.2, 0) is 4.74 Å². The Hall–Kier alpha value is -4.30. The van der Waals surface area contributed by atoms with Gasteiger partial charge in [-0.05, 0) is 51.5 Å². The molecule has 42 heavy (non-hydrogen) atoms. The summed E-state index contributed by atoms with van der Waals surface area (Å²) in [4.78, 5) is 31.5. The number of aliphatic hydroxyl groups is 1. The maximum absolute atomic E-state index is 13.4. The van der Waals surface area contributed by atoms with Gasteiger partial charge in [0.2, 0.25) is 0 Å². The SMILES string of the molecule is CC(C)(C)OC(=O)N1CC[C@@H](n2cc(NC(=O)c3cnn4cccnc34)c(-c3cc(Cl)ccc3OC(F)F)n2)[C@H](O)C1. The highest BCUT2D eigenvalue weighted by Gasteiger charge is 2.35. The predicted molar refractivity (Wildman–Crippen MR) is 148 cm³/mol. The number of hydrogen-bond acceptors (Lipinski definition) is 8. The first-order valence-corrected chi connectivity index (χ1v) is 13.4. The van der Waals surface area contributed by atoms with Gasteiger partial charge in [-0.3, -0.25) is 9.48 Å². The number of anilines is 1. The van der Waals surface area contributed by atoms with E-state index in [1.165, 1.54) is 50.9 Å². The van der Waals surface area contributed by atoms with Gasteiger partial charge in [0.25, 0.3) is 5.91 Å². The van der Waals surface area contributed by atoms with Crippen LogP contribution in [0, 0.1) is 0 Å². The lowest BCUT2D eigenvalue weighted by Gasteiger charge is -2.36. The molecule has 1 saturated heterocycles. The summed E-state index contributed by atoms with van der Waals surface area (Å²) in [5.41, 5.74) is 0.0733. The smallest absolute Gasteiger partial charge is 0.410 e. The van der Waals surface area contributed by atoms with E-state index in [0.717, 1.165) is 0 Å². The van der Waals surface area contributed by atoms with Crippen molar-refractivity contribution >= 4 is 34.9 Å². The Balaban J connectivity index is 1.50. The van der Waals surface area contributed by atoms with Crippen LogP contribution in [0.25, 0.3) is 16.9 Å². The normalized spacial score (nSPS) is 17.5. The van der Waals surface area contributed by atoms with Gasteiger partial charge in [0.1, 0.15) is 22.6 Å². The third-order valence-electron chi connectivity index (χ3n) is 6.45. The van der Waals surface area contributed by atoms with Crippen molar-refractivity contribution in [1.29, 1.82) is 0 Å². The molecule has 1 aromatic carbocycles. The maximum atomic E-state index is 13.4. The maximum Gasteiger partial charge on any atom is 0.410 e. The molecule has 15 heteroatoms. The molecule has 4 heterocycles. The zero-order chi connectivity index (χ0) is 30.2. The van der Waals surface area contributed by atoms with E-state index in [2.05, 4.69) is 20.5 Å². The minimum atomic E-state index is -3.13. The highest BCUT2D eigenvalue weighted by molar-refractivity contribution is 6.31. The summed E-state index contributed by atoms with van der Waals surface area (Å²) >= 11 is 6.20. The van der Waals surface area contributed by atoms with Crippen LogP contribution in [0.4, 0.5) is 19.3 Å². The van der Waals surface area contributed by atoms with Crippen molar-refractivity contribution in [2.45, 2.75) is 51.6 Å². The van der Waals surface area contributed by atoms with Crippen LogP contribution in [0.15, 0.2) is 49.1 Å². The number of alkyl halides is 2. The summed E-state index contributed by atoms with van der Waals surface area (Å²) in [6.45, 7) is 2.36. The van der Waals surface area contributed by atoms with Gasteiger partial charge in [0, 0.05) is 35.7 Å². The van der Waals surface area contributed by atoms with Crippen molar-refractivity contribution in [3.8, 4) is 17.0 Å². The first-order valence-electron chi connectivity index (χ1n) is 13.0. The van der Waals surface area contributed by atoms with E-state index in [-0.39, 0.29) is 46.4 Å². The lowest BCUT2D eigenvalue weighted by Crippen LogP contribution is -2.48. The first-order chi connectivity index (χ1) is 19.9. The average molecular weight is 604 g/mol. The van der Waals surface area contributed by atoms with Gasteiger partial charge in [0.05, 0.1) is 30.6 Å². The van der Waals surface area contributed by atoms with E-state index >= 15 is 0 Å². The Morgan fingerprint density at radius 2 is 2.05 bits per heavy atom. The molecule has 0 radical (unpaired) electrons. The largest absolute Gasteiger partial charge is 0.444 e. The minimum absolute atomic E-state index is 0.0263. The lowest BCUT2D eigenvalue weighted by atomic mass is 10.0. The molecular weight excluding hydrogens is 576 g/mol. The molecule has 222 valence electrons. The van der Waals surface area contributed by atoms with Crippen LogP contribution in [0.1, 0.15) is 43.6 Å². The number of ether oxygens (including phenoxy) is 2. The van der Waals surface area contributed by atoms with E-state index in [1.807, 2.05) is 0 Å². The zero-order valence-corrected chi connectivity index (χ0v) is 23.6. The molecule has 4 aromatic rings. The third kappa shape index (κ3) is 6.29. The van der Waals surface area contributed by atoms with Crippen molar-refractivity contribution in [2.75, 3.05) is 18.4 Å². The summed E-state index contributed by atoms with van der Waals surface area (Å²) < 4.78 is 39.5. The summed E-state index contributed by atoms with van der Waals surface area (Å²) in [6, 6.07) is 5.09. The molecule has 2 N–H and O–H groups in total. The molecule has 1 fully saturated rings. The molecule has 1 aliphatic rings. The number of carbonyl (C=O) groups is 2. The van der Waals surface area contributed by atoms with E-state index < -0.39 is 36.4 Å². The number of nitrogens with one attached hydrogen (secondary N) is 1. The number of rotatable bonds is 6. The fourth-order valence-electron chi connectivity index (χ4n) is 4.64. The number of nitrogens with zero attached hydrogens (tertiary/aromatic N) is 6. The molecule has 12 nitrogen and oxygen atoms in total. The molecule has 1 aliphatic heterocycles. The van der Waals surface area contributed by atoms with Gasteiger partial charge < -0.3 is 24.8 Å². The van der Waals surface area contributed by atoms with E-state index in [1.54, 1.807) is 33.0 Å². The molecule has 0 spiro atoms. The van der Waals surface area contributed by atoms with Crippen molar-refractivity contribution in [3.05, 3.63) is 59.6 Å². The highest BCUT2D eigenvalue weighted by atomic mass is 35.5. The molecule has 3 aromatic heterocycles. The van der Waals surface area contributed by atoms with Crippen LogP contribution < -0.4 is 10.1 Å². The molecule has 2 amide bonds. The van der Waals surface area contributed by atoms with E-state index in [9.17, 15) is 23.5 Å². The van der Waals surface area contributed by atoms with Crippen LogP contribution in [-0.4, -0.2) is 77.8 Å². The molecule has 5 rings (SSSR count). The van der Waals surface area contributed by atoms with Crippen LogP contribution >= 0.6 is 11.6 Å². The topological polar surface area (TPSA) is 136 Å². The van der Waals surface area contributed by atoms with Crippen molar-refractivity contribution in [3.63, 3.8) is 0 Å². The molecular formula is C27H28ClF2N7O5. The first kappa shape index (κ1) is 29.2. The third-order valence-corrected chi connectivity index (χ3v) is 6.69. The Bertz CT molecular complexity index is 1620. The number of β-amino-alcohol motifs (C(OH)–C–C–N with tert-alkyl or cyclic N) is 1. The number of hydrogen-bond donors (Lipinski definition) is 2. The second kappa shape index (κ2) is 11.5. The van der Waals surface area contributed by atoms with Gasteiger partial charge in [-0.15, -0.1) is 0 Å². The van der Waals surface area contributed by atoms with Crippen LogP contribution in [0.3, 0.4) is 0 Å². The predicted octanol–water partition coefficient (Wildman–Crippen LogP) is 4.64. The second-order valence-electron chi connectivity index (χ2n) is 10.6. The van der Waals surface area contributed by atoms with Gasteiger partial charge in [-0.2, -0.15) is 19.0 Å². The summed E-state index contributed by atoms with van der Waals surface area (Å²) in [6.07, 6.45) is 4.67. The molecule has 0 bridgehead atoms. The Kier molecular flexibility index (Phi) is 8.01. The fourth-order valence-corrected chi connectivity index (χ4v) is 4.81. The standard InChI is InChI=1S/C27H28ClF2N7O5/c1-27(2,3)42-26(40)35-10-7-19(20(38)14-35)37-13-18(33-24(39)17-12-32-36-9-4-8-31-23(17)36)22(34-37)16-11-15(28)5-6-21(16)41-25(29)30/h4-6,8-9,11-13,19-20,25,38H,7,10,14H2,1-3H3,(H,33,39)/t19-,20-/m1/s1. The molecule has 2 atom stereocenters. The molecule has 0 saturated carbocycles. The monoisotopic (exact) mass is 603 g/mol. The summed E-state index contributed by atoms with van der Waals surface area (Å²) in [7, 11) is 0. The number of benzene rings is 1. The second-order valence-corrected chi connectivity index (χ2v) is 11.1. The molecule has 0 aliphatic carbocycles. The van der Waals surface area contributed by atoms with Gasteiger partial charge in [-0.25, -0.2) is 14.3 Å². The van der Waals surface area contributed by atoms with E-state index in [0.29, 0.717) is 12.1 Å². The lowest BCUT2D eigenvalue weighted by molar-refractivity contribution is -0.0494. The fraction of sp³-hybridized carbons (Fsp3) is 0.370. The van der Waals surface area contributed by atoms with Crippen molar-refractivity contribution in [2.24, 2.45) is 0 Å². The van der Waals surface area contributed by atoms with Gasteiger partial charge >= 0.3 is 12.7 Å². The Morgan fingerprint density at radius 3 is 2.76 bits per heavy atom. The Labute approximate surface area is 243 Å². The average Bonchev–Trinajstić information content (AvgIpc) is 3.53. The summed E-state index contributed by atoms with van der Waals surface area (Å²) in [5, 5.41) is 22.7. The number of aliphatic hydroxyl groups excluding tert-OH is 1. The number of aromatic nitrogens is 5. The minimum Gasteiger partial charge on any atom is -0.444 e. The van der Waals surface area contributed by atoms with Gasteiger partial charge in [-0.1, -0.05) is 11.6 Å². The number of halogens is 3. The number of carbonyl (C=O) groups excluding carboxylic acids is 2. The van der Waals surface area contributed by atoms with Crippen LogP contribution in [0.2, 0.25) is 5.02 Å². The number of amides is 2. The number of piperidine rings is 1. The zero-order valence-electron chi connectivity index (χ0n) is 22.9. The Morgan fingerprint density at radius 1 is 1.26 bits per heavy atom.